The van der Waals surface area contributed by atoms with Gasteiger partial charge < -0.3 is 24.9 Å². The summed E-state index contributed by atoms with van der Waals surface area (Å²) >= 11 is 0. The normalized spacial score (nSPS) is 12.8. The van der Waals surface area contributed by atoms with Gasteiger partial charge in [-0.25, -0.2) is 0 Å². The van der Waals surface area contributed by atoms with Crippen LogP contribution in [0.5, 0.6) is 0 Å². The molecule has 6 nitrogen and oxygen atoms in total. The number of nitrogens with zero attached hydrogens (tertiary/aromatic N) is 2. The molecule has 0 amide bonds. The lowest BCUT2D eigenvalue weighted by Gasteiger charge is -2.18. The maximum absolute atomic E-state index is 9.64. The van der Waals surface area contributed by atoms with E-state index in [1.54, 1.807) is 37.3 Å². The van der Waals surface area contributed by atoms with Crippen molar-refractivity contribution < 1.29 is 14.3 Å². The van der Waals surface area contributed by atoms with Gasteiger partial charge in [0.05, 0.1) is 19.3 Å². The number of benzene rings is 1. The molecular formula is C12H17N3O3. The molecule has 1 heterocycles. The number of aromatic nitrogens is 1. The predicted molar refractivity (Wildman–Crippen MR) is 69.6 cm³/mol. The topological polar surface area (TPSA) is 84.8 Å². The molecular weight excluding hydrogens is 234 g/mol. The molecule has 1 atom stereocenters. The van der Waals surface area contributed by atoms with E-state index in [1.165, 1.54) is 0 Å². The van der Waals surface area contributed by atoms with Gasteiger partial charge in [-0.3, -0.25) is 0 Å². The highest BCUT2D eigenvalue weighted by molar-refractivity contribution is 5.78. The fourth-order valence-corrected chi connectivity index (χ4v) is 1.73. The summed E-state index contributed by atoms with van der Waals surface area (Å²) in [6.07, 6.45) is -0.583. The van der Waals surface area contributed by atoms with E-state index in [9.17, 15) is 5.11 Å². The Hall–Kier alpha value is -1.79. The number of oxazole rings is 1. The third kappa shape index (κ3) is 2.72. The number of methoxy groups -OCH3 is 1. The molecule has 0 spiro atoms. The van der Waals surface area contributed by atoms with Gasteiger partial charge in [0.15, 0.2) is 5.58 Å². The summed E-state index contributed by atoms with van der Waals surface area (Å²) in [5, 5.41) is 9.64. The van der Waals surface area contributed by atoms with Crippen LogP contribution in [0.15, 0.2) is 22.6 Å². The van der Waals surface area contributed by atoms with Crippen molar-refractivity contribution in [2.75, 3.05) is 37.9 Å². The Bertz CT molecular complexity index is 526. The third-order valence-corrected chi connectivity index (χ3v) is 2.57. The summed E-state index contributed by atoms with van der Waals surface area (Å²) in [5.41, 5.74) is 7.70. The second kappa shape index (κ2) is 5.24. The Labute approximate surface area is 105 Å². The standard InChI is InChI=1S/C12H17N3O3/c1-15(6-9(16)7-17-2)12-14-10-5-8(13)3-4-11(10)18-12/h3-5,9,16H,6-7,13H2,1-2H3. The summed E-state index contributed by atoms with van der Waals surface area (Å²) in [4.78, 5) is 6.05. The highest BCUT2D eigenvalue weighted by Crippen LogP contribution is 2.22. The Balaban J connectivity index is 2.15. The van der Waals surface area contributed by atoms with Gasteiger partial charge in [-0.05, 0) is 18.2 Å². The first kappa shape index (κ1) is 12.7. The van der Waals surface area contributed by atoms with Crippen LogP contribution in [0.3, 0.4) is 0 Å². The number of hydrogen-bond donors (Lipinski definition) is 2. The fraction of sp³-hybridized carbons (Fsp3) is 0.417. The van der Waals surface area contributed by atoms with E-state index in [2.05, 4.69) is 4.98 Å². The van der Waals surface area contributed by atoms with E-state index in [0.29, 0.717) is 29.3 Å². The largest absolute Gasteiger partial charge is 0.423 e. The van der Waals surface area contributed by atoms with Gasteiger partial charge in [-0.1, -0.05) is 0 Å². The number of nitrogen functional groups attached to an aromatic ring is 1. The number of ether oxygens (including phenoxy) is 1. The number of anilines is 2. The quantitative estimate of drug-likeness (QED) is 0.766. The van der Waals surface area contributed by atoms with Crippen molar-refractivity contribution in [2.45, 2.75) is 6.10 Å². The first-order valence-corrected chi connectivity index (χ1v) is 5.64. The van der Waals surface area contributed by atoms with E-state index in [1.807, 2.05) is 0 Å². The molecule has 98 valence electrons. The maximum Gasteiger partial charge on any atom is 0.298 e. The molecule has 6 heteroatoms. The Morgan fingerprint density at radius 2 is 2.33 bits per heavy atom. The average Bonchev–Trinajstić information content (AvgIpc) is 2.72. The summed E-state index contributed by atoms with van der Waals surface area (Å²) in [5.74, 6) is 0. The van der Waals surface area contributed by atoms with Gasteiger partial charge in [0.1, 0.15) is 5.52 Å². The van der Waals surface area contributed by atoms with Crippen molar-refractivity contribution in [1.29, 1.82) is 0 Å². The molecule has 0 saturated carbocycles. The molecule has 3 N–H and O–H groups in total. The van der Waals surface area contributed by atoms with Gasteiger partial charge in [0.25, 0.3) is 6.01 Å². The molecule has 0 fully saturated rings. The summed E-state index contributed by atoms with van der Waals surface area (Å²) in [7, 11) is 3.35. The van der Waals surface area contributed by atoms with Crippen molar-refractivity contribution in [3.05, 3.63) is 18.2 Å². The predicted octanol–water partition coefficient (Wildman–Crippen LogP) is 0.853. The first-order valence-electron chi connectivity index (χ1n) is 5.64. The van der Waals surface area contributed by atoms with E-state index in [0.717, 1.165) is 0 Å². The number of fused-ring (bicyclic) bond motifs is 1. The van der Waals surface area contributed by atoms with Crippen molar-refractivity contribution >= 4 is 22.8 Å². The number of nitrogens with two attached hydrogens (primary N) is 1. The number of aliphatic hydroxyl groups is 1. The minimum Gasteiger partial charge on any atom is -0.423 e. The van der Waals surface area contributed by atoms with Gasteiger partial charge in [-0.2, -0.15) is 4.98 Å². The number of aliphatic hydroxyl groups excluding tert-OH is 1. The average molecular weight is 251 g/mol. The lowest BCUT2D eigenvalue weighted by atomic mass is 10.3. The highest BCUT2D eigenvalue weighted by atomic mass is 16.5. The number of rotatable bonds is 5. The Kier molecular flexibility index (Phi) is 3.69. The van der Waals surface area contributed by atoms with Crippen LogP contribution in [0.1, 0.15) is 0 Å². The van der Waals surface area contributed by atoms with Crippen LogP contribution < -0.4 is 10.6 Å². The maximum atomic E-state index is 9.64. The molecule has 0 bridgehead atoms. The van der Waals surface area contributed by atoms with Gasteiger partial charge in [0, 0.05) is 19.8 Å². The molecule has 2 rings (SSSR count). The zero-order valence-electron chi connectivity index (χ0n) is 10.5. The van der Waals surface area contributed by atoms with Gasteiger partial charge >= 0.3 is 0 Å². The summed E-state index contributed by atoms with van der Waals surface area (Å²) in [6.45, 7) is 0.660. The minimum absolute atomic E-state index is 0.275. The fourth-order valence-electron chi connectivity index (χ4n) is 1.73. The monoisotopic (exact) mass is 251 g/mol. The molecule has 2 aromatic rings. The number of hydrogen-bond acceptors (Lipinski definition) is 6. The molecule has 0 aliphatic rings. The van der Waals surface area contributed by atoms with Crippen molar-refractivity contribution in [3.63, 3.8) is 0 Å². The lowest BCUT2D eigenvalue weighted by molar-refractivity contribution is 0.0690. The smallest absolute Gasteiger partial charge is 0.298 e. The minimum atomic E-state index is -0.583. The lowest BCUT2D eigenvalue weighted by Crippen LogP contribution is -2.32. The van der Waals surface area contributed by atoms with Crippen molar-refractivity contribution in [3.8, 4) is 0 Å². The van der Waals surface area contributed by atoms with E-state index in [4.69, 9.17) is 14.9 Å². The molecule has 0 aliphatic heterocycles. The highest BCUT2D eigenvalue weighted by Gasteiger charge is 2.14. The SMILES string of the molecule is COCC(O)CN(C)c1nc2cc(N)ccc2o1. The molecule has 0 aliphatic carbocycles. The van der Waals surface area contributed by atoms with Crippen molar-refractivity contribution in [1.82, 2.24) is 4.98 Å². The van der Waals surface area contributed by atoms with Crippen LogP contribution >= 0.6 is 0 Å². The second-order valence-corrected chi connectivity index (χ2v) is 4.21. The van der Waals surface area contributed by atoms with E-state index < -0.39 is 6.10 Å². The summed E-state index contributed by atoms with van der Waals surface area (Å²) < 4.78 is 10.4. The molecule has 0 radical (unpaired) electrons. The first-order chi connectivity index (χ1) is 8.60. The zero-order chi connectivity index (χ0) is 13.1. The van der Waals surface area contributed by atoms with E-state index >= 15 is 0 Å². The van der Waals surface area contributed by atoms with Crippen LogP contribution in [0.2, 0.25) is 0 Å². The molecule has 1 aromatic heterocycles. The Morgan fingerprint density at radius 1 is 1.56 bits per heavy atom. The molecule has 0 saturated heterocycles. The van der Waals surface area contributed by atoms with Gasteiger partial charge in [-0.15, -0.1) is 0 Å². The van der Waals surface area contributed by atoms with Crippen LogP contribution in [-0.2, 0) is 4.74 Å². The zero-order valence-corrected chi connectivity index (χ0v) is 10.5. The summed E-state index contributed by atoms with van der Waals surface area (Å²) in [6, 6.07) is 5.74. The molecule has 18 heavy (non-hydrogen) atoms. The van der Waals surface area contributed by atoms with Crippen molar-refractivity contribution in [2.24, 2.45) is 0 Å². The molecule has 1 aromatic carbocycles. The van der Waals surface area contributed by atoms with Crippen LogP contribution in [0.4, 0.5) is 11.7 Å². The van der Waals surface area contributed by atoms with Crippen LogP contribution in [-0.4, -0.2) is 43.5 Å². The molecule has 1 unspecified atom stereocenters. The van der Waals surface area contributed by atoms with Gasteiger partial charge in [0.2, 0.25) is 0 Å². The second-order valence-electron chi connectivity index (χ2n) is 4.21. The van der Waals surface area contributed by atoms with E-state index in [-0.39, 0.29) is 6.61 Å². The third-order valence-electron chi connectivity index (χ3n) is 2.57. The van der Waals surface area contributed by atoms with Crippen LogP contribution in [0, 0.1) is 0 Å². The Morgan fingerprint density at radius 3 is 3.06 bits per heavy atom. The number of likely N-dealkylation sites (N-methyl/N-ethyl adjacent to an activating group) is 1. The van der Waals surface area contributed by atoms with Crippen LogP contribution in [0.25, 0.3) is 11.1 Å².